The van der Waals surface area contributed by atoms with E-state index in [-0.39, 0.29) is 43.6 Å². The lowest BCUT2D eigenvalue weighted by molar-refractivity contribution is -0.144. The Kier molecular flexibility index (Phi) is 17.5. The lowest BCUT2D eigenvalue weighted by Gasteiger charge is -2.30. The van der Waals surface area contributed by atoms with Gasteiger partial charge in [-0.1, -0.05) is 88.4 Å². The predicted octanol–water partition coefficient (Wildman–Crippen LogP) is 1.54. The Bertz CT molecular complexity index is 1460. The smallest absolute Gasteiger partial charge is 0.243 e. The van der Waals surface area contributed by atoms with Crippen molar-refractivity contribution in [3.8, 4) is 0 Å². The molecule has 0 bridgehead atoms. The van der Waals surface area contributed by atoms with Crippen LogP contribution in [0.4, 0.5) is 0 Å². The Morgan fingerprint density at radius 1 is 0.717 bits per heavy atom. The molecular formula is C40H59N5O8. The molecule has 3 rings (SSSR count). The van der Waals surface area contributed by atoms with Gasteiger partial charge < -0.3 is 36.2 Å². The molecule has 53 heavy (non-hydrogen) atoms. The van der Waals surface area contributed by atoms with Gasteiger partial charge in [0, 0.05) is 19.5 Å². The van der Waals surface area contributed by atoms with Crippen molar-refractivity contribution in [2.45, 2.75) is 96.5 Å². The molecule has 1 aliphatic rings. The molecule has 6 N–H and O–H groups in total. The number of aliphatic hydroxyl groups is 2. The minimum absolute atomic E-state index is 0.0279. The molecule has 292 valence electrons. The third kappa shape index (κ3) is 15.0. The van der Waals surface area contributed by atoms with Crippen LogP contribution in [0.5, 0.6) is 0 Å². The second-order valence-electron chi connectivity index (χ2n) is 15.0. The molecular weight excluding hydrogens is 678 g/mol. The van der Waals surface area contributed by atoms with Crippen molar-refractivity contribution >= 4 is 29.4 Å². The van der Waals surface area contributed by atoms with Crippen LogP contribution in [-0.4, -0.2) is 114 Å². The molecule has 13 heteroatoms. The van der Waals surface area contributed by atoms with Crippen molar-refractivity contribution < 1.29 is 38.9 Å². The van der Waals surface area contributed by atoms with E-state index in [2.05, 4.69) is 21.3 Å². The summed E-state index contributed by atoms with van der Waals surface area (Å²) in [5, 5.41) is 31.5. The number of ketones is 1. The van der Waals surface area contributed by atoms with Crippen molar-refractivity contribution in [2.24, 2.45) is 11.8 Å². The van der Waals surface area contributed by atoms with Gasteiger partial charge in [0.15, 0.2) is 5.78 Å². The molecule has 1 saturated heterocycles. The first-order valence-electron chi connectivity index (χ1n) is 18.6. The van der Waals surface area contributed by atoms with E-state index in [9.17, 15) is 34.2 Å². The third-order valence-corrected chi connectivity index (χ3v) is 9.12. The van der Waals surface area contributed by atoms with Gasteiger partial charge in [-0.05, 0) is 55.6 Å². The first kappa shape index (κ1) is 43.2. The lowest BCUT2D eigenvalue weighted by atomic mass is 9.90. The highest BCUT2D eigenvalue weighted by atomic mass is 16.5. The SMILES string of the molecule is CC(C)C[C@H](NC(=O)[C@H](CCc1ccccc1)NC(=O)CN1CCOCC1)C(=O)N[C@H](Cc1ccccc1)C(=O)N[C@@H](CC(C)C)C(=O)C(C)(O)CO. The van der Waals surface area contributed by atoms with Crippen LogP contribution in [-0.2, 0) is 41.6 Å². The normalized spacial score (nSPS) is 16.8. The topological polar surface area (TPSA) is 186 Å². The number of carbonyl (C=O) groups excluding carboxylic acids is 5. The highest BCUT2D eigenvalue weighted by Crippen LogP contribution is 2.16. The molecule has 2 aromatic rings. The van der Waals surface area contributed by atoms with Crippen LogP contribution in [0.1, 0.15) is 65.0 Å². The monoisotopic (exact) mass is 737 g/mol. The first-order valence-corrected chi connectivity index (χ1v) is 18.6. The van der Waals surface area contributed by atoms with Gasteiger partial charge in [0.1, 0.15) is 23.7 Å². The van der Waals surface area contributed by atoms with E-state index < -0.39 is 59.9 Å². The van der Waals surface area contributed by atoms with Gasteiger partial charge >= 0.3 is 0 Å². The van der Waals surface area contributed by atoms with Crippen molar-refractivity contribution in [3.63, 3.8) is 0 Å². The Morgan fingerprint density at radius 2 is 1.21 bits per heavy atom. The second kappa shape index (κ2) is 21.5. The zero-order chi connectivity index (χ0) is 39.0. The number of hydrogen-bond acceptors (Lipinski definition) is 9. The van der Waals surface area contributed by atoms with Crippen molar-refractivity contribution in [3.05, 3.63) is 71.8 Å². The summed E-state index contributed by atoms with van der Waals surface area (Å²) in [6, 6.07) is 14.4. The summed E-state index contributed by atoms with van der Waals surface area (Å²) < 4.78 is 5.39. The summed E-state index contributed by atoms with van der Waals surface area (Å²) in [6.45, 7) is 10.3. The van der Waals surface area contributed by atoms with E-state index in [0.29, 0.717) is 39.1 Å². The third-order valence-electron chi connectivity index (χ3n) is 9.12. The molecule has 1 unspecified atom stereocenters. The highest BCUT2D eigenvalue weighted by Gasteiger charge is 2.38. The zero-order valence-electron chi connectivity index (χ0n) is 31.8. The van der Waals surface area contributed by atoms with Gasteiger partial charge in [-0.25, -0.2) is 0 Å². The summed E-state index contributed by atoms with van der Waals surface area (Å²) >= 11 is 0. The van der Waals surface area contributed by atoms with E-state index in [1.807, 2.05) is 81.1 Å². The Balaban J connectivity index is 1.84. The quantitative estimate of drug-likeness (QED) is 0.111. The number of aryl methyl sites for hydroxylation is 1. The molecule has 13 nitrogen and oxygen atoms in total. The summed E-state index contributed by atoms with van der Waals surface area (Å²) in [5.41, 5.74) is -0.337. The van der Waals surface area contributed by atoms with Crippen LogP contribution in [0.25, 0.3) is 0 Å². The fourth-order valence-electron chi connectivity index (χ4n) is 6.16. The van der Waals surface area contributed by atoms with E-state index >= 15 is 0 Å². The van der Waals surface area contributed by atoms with Gasteiger partial charge in [0.05, 0.1) is 32.4 Å². The number of ether oxygens (including phenoxy) is 1. The summed E-state index contributed by atoms with van der Waals surface area (Å²) in [5.74, 6) is -2.89. The van der Waals surface area contributed by atoms with Crippen molar-refractivity contribution in [1.29, 1.82) is 0 Å². The molecule has 0 aromatic heterocycles. The minimum atomic E-state index is -2.08. The average Bonchev–Trinajstić information content (AvgIpc) is 3.12. The summed E-state index contributed by atoms with van der Waals surface area (Å²) in [6.07, 6.45) is 1.33. The van der Waals surface area contributed by atoms with Crippen LogP contribution in [0, 0.1) is 11.8 Å². The van der Waals surface area contributed by atoms with E-state index in [1.54, 1.807) is 12.1 Å². The zero-order valence-corrected chi connectivity index (χ0v) is 31.8. The fraction of sp³-hybridized carbons (Fsp3) is 0.575. The maximum Gasteiger partial charge on any atom is 0.243 e. The van der Waals surface area contributed by atoms with Gasteiger partial charge in [-0.3, -0.25) is 28.9 Å². The number of amides is 4. The van der Waals surface area contributed by atoms with Crippen molar-refractivity contribution in [2.75, 3.05) is 39.5 Å². The van der Waals surface area contributed by atoms with Crippen LogP contribution in [0.15, 0.2) is 60.7 Å². The number of benzene rings is 2. The molecule has 0 spiro atoms. The average molecular weight is 738 g/mol. The Hall–Kier alpha value is -4.17. The summed E-state index contributed by atoms with van der Waals surface area (Å²) in [4.78, 5) is 70.2. The Labute approximate surface area is 313 Å². The van der Waals surface area contributed by atoms with E-state index in [1.165, 1.54) is 6.92 Å². The number of rotatable bonds is 21. The number of aliphatic hydroxyl groups excluding tert-OH is 1. The molecule has 0 aliphatic carbocycles. The summed E-state index contributed by atoms with van der Waals surface area (Å²) in [7, 11) is 0. The van der Waals surface area contributed by atoms with Crippen LogP contribution in [0.3, 0.4) is 0 Å². The number of nitrogens with one attached hydrogen (secondary N) is 4. The lowest BCUT2D eigenvalue weighted by Crippen LogP contribution is -2.60. The maximum absolute atomic E-state index is 14.1. The van der Waals surface area contributed by atoms with Gasteiger partial charge in [0.2, 0.25) is 23.6 Å². The van der Waals surface area contributed by atoms with E-state index in [4.69, 9.17) is 4.74 Å². The molecule has 4 amide bonds. The molecule has 1 fully saturated rings. The molecule has 0 radical (unpaired) electrons. The van der Waals surface area contributed by atoms with Crippen LogP contribution < -0.4 is 21.3 Å². The minimum Gasteiger partial charge on any atom is -0.393 e. The molecule has 0 saturated carbocycles. The van der Waals surface area contributed by atoms with Crippen LogP contribution >= 0.6 is 0 Å². The molecule has 5 atom stereocenters. The molecule has 1 heterocycles. The number of carbonyl (C=O) groups is 5. The van der Waals surface area contributed by atoms with E-state index in [0.717, 1.165) is 11.1 Å². The number of hydrogen-bond donors (Lipinski definition) is 6. The van der Waals surface area contributed by atoms with Gasteiger partial charge in [-0.15, -0.1) is 0 Å². The Morgan fingerprint density at radius 3 is 1.77 bits per heavy atom. The number of nitrogens with zero attached hydrogens (tertiary/aromatic N) is 1. The van der Waals surface area contributed by atoms with Crippen molar-refractivity contribution in [1.82, 2.24) is 26.2 Å². The second-order valence-corrected chi connectivity index (χ2v) is 15.0. The van der Waals surface area contributed by atoms with Crippen LogP contribution in [0.2, 0.25) is 0 Å². The predicted molar refractivity (Wildman–Crippen MR) is 202 cm³/mol. The molecule has 2 aromatic carbocycles. The largest absolute Gasteiger partial charge is 0.393 e. The number of Topliss-reactive ketones (excluding diaryl/α,β-unsaturated/α-hetero) is 1. The maximum atomic E-state index is 14.1. The van der Waals surface area contributed by atoms with Gasteiger partial charge in [-0.2, -0.15) is 0 Å². The molecule has 1 aliphatic heterocycles. The highest BCUT2D eigenvalue weighted by molar-refractivity contribution is 5.97. The number of morpholine rings is 1. The first-order chi connectivity index (χ1) is 25.2. The van der Waals surface area contributed by atoms with Gasteiger partial charge in [0.25, 0.3) is 0 Å². The standard InChI is InChI=1S/C40H59N5O8/c1-27(2)22-32(36(48)40(5,52)26-46)42-39(51)34(24-30-14-10-7-11-15-30)44-38(50)33(23-28(3)4)43-37(49)31(17-16-29-12-8-6-9-13-29)41-35(47)25-45-18-20-53-21-19-45/h6-15,27-28,31-34,46,52H,16-26H2,1-5H3,(H,41,47)(H,42,51)(H,43,49)(H,44,50)/t31-,32-,33-,34+,40?/m0/s1. The fourth-order valence-corrected chi connectivity index (χ4v) is 6.16.